The monoisotopic (exact) mass is 1050 g/mol. The number of primary amides is 2. The molecule has 2 heterocycles. The molecular formula is C48H60N16O8S2. The van der Waals surface area contributed by atoms with Gasteiger partial charge in [0.1, 0.15) is 9.79 Å². The van der Waals surface area contributed by atoms with Gasteiger partial charge in [0.2, 0.25) is 47.5 Å². The maximum atomic E-state index is 12.9. The highest BCUT2D eigenvalue weighted by molar-refractivity contribution is 7.86. The fraction of sp³-hybridized carbons (Fsp3) is 0.292. The second-order valence-electron chi connectivity index (χ2n) is 16.4. The Kier molecular flexibility index (Phi) is 19.2. The Morgan fingerprint density at radius 1 is 0.486 bits per heavy atom. The molecule has 0 aliphatic carbocycles. The second-order valence-corrected chi connectivity index (χ2v) is 19.2. The molecule has 0 radical (unpaired) electrons. The minimum absolute atomic E-state index is 0.00190. The first-order chi connectivity index (χ1) is 35.3. The summed E-state index contributed by atoms with van der Waals surface area (Å²) in [7, 11) is -9.81. The van der Waals surface area contributed by atoms with Crippen LogP contribution in [0.15, 0.2) is 94.7 Å². The summed E-state index contributed by atoms with van der Waals surface area (Å²) in [5.41, 5.74) is 12.7. The molecular weight excluding hydrogens is 993 g/mol. The van der Waals surface area contributed by atoms with Crippen LogP contribution < -0.4 is 43.4 Å². The summed E-state index contributed by atoms with van der Waals surface area (Å²) < 4.78 is 72.2. The van der Waals surface area contributed by atoms with Crippen molar-refractivity contribution in [1.82, 2.24) is 39.7 Å². The number of carbonyl (C=O) groups excluding carboxylic acids is 2. The van der Waals surface area contributed by atoms with Crippen LogP contribution in [-0.2, 0) is 20.2 Å². The number of nitrogens with zero attached hydrogens (tertiary/aromatic N) is 8. The summed E-state index contributed by atoms with van der Waals surface area (Å²) in [6.45, 7) is 14.7. The average Bonchev–Trinajstić information content (AvgIpc) is 3.36. The van der Waals surface area contributed by atoms with Crippen molar-refractivity contribution in [3.63, 3.8) is 0 Å². The molecule has 0 spiro atoms. The molecule has 0 aliphatic rings. The fourth-order valence-corrected chi connectivity index (χ4v) is 8.72. The first kappa shape index (κ1) is 55.4. The Bertz CT molecular complexity index is 2950. The highest BCUT2D eigenvalue weighted by Crippen LogP contribution is 2.29. The van der Waals surface area contributed by atoms with E-state index in [0.717, 1.165) is 64.2 Å². The van der Waals surface area contributed by atoms with E-state index in [0.29, 0.717) is 35.6 Å². The molecule has 12 N–H and O–H groups in total. The molecule has 0 aliphatic heterocycles. The van der Waals surface area contributed by atoms with Crippen LogP contribution in [0.1, 0.15) is 72.4 Å². The molecule has 0 saturated carbocycles. The summed E-state index contributed by atoms with van der Waals surface area (Å²) in [4.78, 5) is 53.5. The van der Waals surface area contributed by atoms with E-state index < -0.39 is 41.8 Å². The summed E-state index contributed by atoms with van der Waals surface area (Å²) in [6.07, 6.45) is 4.08. The third-order valence-electron chi connectivity index (χ3n) is 11.3. The predicted molar refractivity (Wildman–Crippen MR) is 286 cm³/mol. The van der Waals surface area contributed by atoms with Crippen molar-refractivity contribution in [2.75, 3.05) is 84.3 Å². The molecule has 392 valence electrons. The van der Waals surface area contributed by atoms with E-state index in [9.17, 15) is 35.5 Å². The zero-order valence-corrected chi connectivity index (χ0v) is 42.8. The number of rotatable bonds is 28. The number of hydrogen-bond acceptors (Lipinski definition) is 20. The summed E-state index contributed by atoms with van der Waals surface area (Å²) in [5.74, 6) is -0.589. The first-order valence-corrected chi connectivity index (χ1v) is 26.5. The van der Waals surface area contributed by atoms with Gasteiger partial charge < -0.3 is 53.2 Å². The van der Waals surface area contributed by atoms with Crippen LogP contribution >= 0.6 is 0 Å². The van der Waals surface area contributed by atoms with Gasteiger partial charge in [-0.1, -0.05) is 52.0 Å². The zero-order chi connectivity index (χ0) is 53.4. The van der Waals surface area contributed by atoms with Crippen LogP contribution in [0.2, 0.25) is 0 Å². The Labute approximate surface area is 429 Å². The van der Waals surface area contributed by atoms with Crippen LogP contribution in [0.25, 0.3) is 12.2 Å². The molecule has 0 unspecified atom stereocenters. The van der Waals surface area contributed by atoms with Gasteiger partial charge in [-0.05, 0) is 136 Å². The summed E-state index contributed by atoms with van der Waals surface area (Å²) >= 11 is 0. The van der Waals surface area contributed by atoms with Gasteiger partial charge >= 0.3 is 0 Å². The molecule has 24 nitrogen and oxygen atoms in total. The molecule has 0 saturated heterocycles. The van der Waals surface area contributed by atoms with E-state index >= 15 is 0 Å². The van der Waals surface area contributed by atoms with Crippen LogP contribution in [0.4, 0.5) is 58.4 Å². The normalized spacial score (nSPS) is 11.7. The first-order valence-electron chi connectivity index (χ1n) is 23.6. The number of amides is 2. The predicted octanol–water partition coefficient (Wildman–Crippen LogP) is 6.18. The number of nitrogens with two attached hydrogens (primary N) is 2. The lowest BCUT2D eigenvalue weighted by molar-refractivity contribution is 0.0992. The lowest BCUT2D eigenvalue weighted by atomic mass is 10.1. The lowest BCUT2D eigenvalue weighted by Crippen LogP contribution is -2.25. The largest absolute Gasteiger partial charge is 0.366 e. The van der Waals surface area contributed by atoms with Gasteiger partial charge in [-0.15, -0.1) is 0 Å². The average molecular weight is 1050 g/mol. The minimum Gasteiger partial charge on any atom is -0.366 e. The quantitative estimate of drug-likeness (QED) is 0.0149. The van der Waals surface area contributed by atoms with E-state index in [1.807, 2.05) is 0 Å². The van der Waals surface area contributed by atoms with Gasteiger partial charge in [-0.2, -0.15) is 46.7 Å². The fourth-order valence-electron chi connectivity index (χ4n) is 7.30. The van der Waals surface area contributed by atoms with Gasteiger partial charge in [0.15, 0.2) is 0 Å². The standard InChI is InChI=1S/C48H60N16O8S2/c1-5-63(6-2)27-9-25-51-43-57-45(53-35-19-15-33(16-20-35)41(49)65)61-47(59-43)55-37-23-13-31(39(29-37)73(67,68)69)11-12-32-14-24-38(30-40(32)74(70,71)72)56-48-60-44(52-26-10-28-64(7-3)8-4)58-46(62-48)54-36-21-17-34(18-22-36)42(50)66/h11-24,29-30H,5-10,25-28H2,1-4H3,(H2,49,65)(H2,50,66)(H,67,68,69)(H,70,71,72)(H3,51,53,55,57,59,61)(H3,52,54,56,58,60,62)/b12-11+. The molecule has 74 heavy (non-hydrogen) atoms. The molecule has 4 aromatic carbocycles. The van der Waals surface area contributed by atoms with Crippen LogP contribution in [0.3, 0.4) is 0 Å². The molecule has 0 atom stereocenters. The lowest BCUT2D eigenvalue weighted by Gasteiger charge is -2.18. The van der Waals surface area contributed by atoms with Crippen molar-refractivity contribution in [2.24, 2.45) is 11.5 Å². The van der Waals surface area contributed by atoms with Crippen molar-refractivity contribution < 1.29 is 35.5 Å². The molecule has 6 aromatic rings. The number of carbonyl (C=O) groups is 2. The molecule has 2 aromatic heterocycles. The van der Waals surface area contributed by atoms with Gasteiger partial charge in [0, 0.05) is 47.0 Å². The van der Waals surface area contributed by atoms with E-state index in [-0.39, 0.29) is 58.2 Å². The number of anilines is 10. The van der Waals surface area contributed by atoms with Gasteiger partial charge in [0.25, 0.3) is 20.2 Å². The second kappa shape index (κ2) is 25.7. The van der Waals surface area contributed by atoms with Crippen LogP contribution in [-0.4, -0.2) is 130 Å². The smallest absolute Gasteiger partial charge is 0.295 e. The van der Waals surface area contributed by atoms with Crippen LogP contribution in [0, 0.1) is 0 Å². The van der Waals surface area contributed by atoms with Gasteiger partial charge in [-0.3, -0.25) is 18.7 Å². The Morgan fingerprint density at radius 3 is 1.08 bits per heavy atom. The van der Waals surface area contributed by atoms with Gasteiger partial charge in [-0.25, -0.2) is 0 Å². The summed E-state index contributed by atoms with van der Waals surface area (Å²) in [6, 6.07) is 20.6. The minimum atomic E-state index is -4.91. The third kappa shape index (κ3) is 16.3. The highest BCUT2D eigenvalue weighted by atomic mass is 32.2. The Morgan fingerprint density at radius 2 is 0.784 bits per heavy atom. The molecule has 26 heteroatoms. The van der Waals surface area contributed by atoms with Crippen molar-refractivity contribution in [2.45, 2.75) is 50.3 Å². The number of hydrogen-bond donors (Lipinski definition) is 10. The van der Waals surface area contributed by atoms with Crippen molar-refractivity contribution in [1.29, 1.82) is 0 Å². The van der Waals surface area contributed by atoms with Crippen molar-refractivity contribution in [3.05, 3.63) is 107 Å². The van der Waals surface area contributed by atoms with Gasteiger partial charge in [0.05, 0.1) is 0 Å². The molecule has 2 amide bonds. The van der Waals surface area contributed by atoms with E-state index in [2.05, 4.69) is 99.3 Å². The van der Waals surface area contributed by atoms with Crippen molar-refractivity contribution >= 4 is 103 Å². The maximum absolute atomic E-state index is 12.9. The van der Waals surface area contributed by atoms with Crippen LogP contribution in [0.5, 0.6) is 0 Å². The molecule has 0 fully saturated rings. The Balaban J connectivity index is 1.25. The summed E-state index contributed by atoms with van der Waals surface area (Å²) in [5, 5.41) is 18.5. The number of aromatic nitrogens is 6. The van der Waals surface area contributed by atoms with E-state index in [4.69, 9.17) is 11.5 Å². The number of nitrogens with one attached hydrogen (secondary N) is 6. The Hall–Kier alpha value is -7.88. The highest BCUT2D eigenvalue weighted by Gasteiger charge is 2.20. The topological polar surface area (TPSA) is 351 Å². The zero-order valence-electron chi connectivity index (χ0n) is 41.2. The van der Waals surface area contributed by atoms with E-state index in [1.165, 1.54) is 60.7 Å². The maximum Gasteiger partial charge on any atom is 0.295 e. The van der Waals surface area contributed by atoms with E-state index in [1.54, 1.807) is 24.3 Å². The number of benzene rings is 4. The van der Waals surface area contributed by atoms with Crippen molar-refractivity contribution in [3.8, 4) is 0 Å². The molecule has 6 rings (SSSR count). The molecule has 0 bridgehead atoms. The third-order valence-corrected chi connectivity index (χ3v) is 13.1. The SMILES string of the molecule is CCN(CC)CCCNc1nc(Nc2ccc(C(N)=O)cc2)nc(Nc2ccc(/C=C/c3ccc(Nc4nc(NCCCN(CC)CC)nc(Nc5ccc(C(N)=O)cc5)n4)cc3S(=O)(=O)O)c(S(=O)(=O)O)c2)n1.